The molecule has 14 heteroatoms. The number of hydrogen-bond donors (Lipinski definition) is 2. The zero-order valence-corrected chi connectivity index (χ0v) is 28.8. The fraction of sp³-hybridized carbons (Fsp3) is 0.528. The van der Waals surface area contributed by atoms with Gasteiger partial charge in [-0.15, -0.1) is 0 Å². The molecule has 2 aromatic carbocycles. The van der Waals surface area contributed by atoms with Gasteiger partial charge in [0.25, 0.3) is 5.91 Å². The van der Waals surface area contributed by atoms with Crippen molar-refractivity contribution < 1.29 is 37.4 Å². The third-order valence-electron chi connectivity index (χ3n) is 10.2. The molecule has 6 rings (SSSR count). The first-order valence-electron chi connectivity index (χ1n) is 17.2. The second kappa shape index (κ2) is 15.0. The summed E-state index contributed by atoms with van der Waals surface area (Å²) in [6.45, 7) is 0.777. The minimum atomic E-state index is -4.33. The Kier molecular flexibility index (Phi) is 10.9. The predicted octanol–water partition coefficient (Wildman–Crippen LogP) is 5.79. The average Bonchev–Trinajstić information content (AvgIpc) is 3.74. The van der Waals surface area contributed by atoms with Crippen LogP contribution in [0.15, 0.2) is 48.7 Å². The number of carboxylic acids is 1. The number of ether oxygens (including phenoxy) is 1. The van der Waals surface area contributed by atoms with E-state index in [0.29, 0.717) is 55.6 Å². The van der Waals surface area contributed by atoms with Gasteiger partial charge in [0, 0.05) is 69.8 Å². The lowest BCUT2D eigenvalue weighted by atomic mass is 9.87. The lowest BCUT2D eigenvalue weighted by Crippen LogP contribution is -2.71. The number of rotatable bonds is 11. The van der Waals surface area contributed by atoms with Gasteiger partial charge in [0.1, 0.15) is 0 Å². The maximum atomic E-state index is 14.8. The number of amides is 1. The number of fused-ring (bicyclic) bond motifs is 1. The number of aromatic nitrogens is 1. The first-order valence-corrected chi connectivity index (χ1v) is 17.6. The van der Waals surface area contributed by atoms with Crippen LogP contribution in [0.5, 0.6) is 0 Å². The number of Topliss-reactive ketones (excluding diaryl/α,β-unsaturated/α-hetero) is 1. The van der Waals surface area contributed by atoms with Gasteiger partial charge in [-0.1, -0.05) is 35.9 Å². The van der Waals surface area contributed by atoms with E-state index in [1.54, 1.807) is 24.4 Å². The minimum Gasteiger partial charge on any atom is -0.481 e. The van der Waals surface area contributed by atoms with Crippen molar-refractivity contribution in [1.82, 2.24) is 19.3 Å². The molecule has 270 valence electrons. The SMILES string of the molecule is Cn1cc(C(=O)Nc2ccc(CC(=O)C(O[C@H]3CC[C@H](C(=O)O)CC3)(N3CCCC3)N3CCN(CC(F)(F)F)CC3)cc2Cl)c2ccccc21. The smallest absolute Gasteiger partial charge is 0.401 e. The second-order valence-electron chi connectivity index (χ2n) is 13.6. The Balaban J connectivity index is 1.24. The van der Waals surface area contributed by atoms with Crippen molar-refractivity contribution in [2.75, 3.05) is 51.1 Å². The van der Waals surface area contributed by atoms with E-state index in [4.69, 9.17) is 16.3 Å². The van der Waals surface area contributed by atoms with Crippen LogP contribution in [0.3, 0.4) is 0 Å². The van der Waals surface area contributed by atoms with E-state index < -0.39 is 36.6 Å². The summed E-state index contributed by atoms with van der Waals surface area (Å²) in [5.41, 5.74) is 2.40. The highest BCUT2D eigenvalue weighted by molar-refractivity contribution is 6.34. The van der Waals surface area contributed by atoms with E-state index >= 15 is 0 Å². The minimum absolute atomic E-state index is 0.0684. The van der Waals surface area contributed by atoms with Gasteiger partial charge in [-0.2, -0.15) is 13.2 Å². The molecule has 1 unspecified atom stereocenters. The number of nitrogens with one attached hydrogen (secondary N) is 1. The molecule has 3 aromatic rings. The topological polar surface area (TPSA) is 107 Å². The standard InChI is InChI=1S/C36H43ClF3N5O5/c1-42-22-28(27-6-2-3-7-31(27)42)33(47)41-30-13-8-24(20-29(30)37)21-32(46)36(44-14-4-5-15-44,50-26-11-9-25(10-12-26)34(48)49)45-18-16-43(17-19-45)23-35(38,39)40/h2-3,6-8,13,20,22,25-26H,4-5,9-12,14-19,21,23H2,1H3,(H,41,47)(H,48,49)/t25-,26-,36?. The number of aryl methyl sites for hydroxylation is 1. The number of aliphatic carboxylic acids is 1. The molecule has 2 N–H and O–H groups in total. The highest BCUT2D eigenvalue weighted by Crippen LogP contribution is 2.37. The number of ketones is 1. The Morgan fingerprint density at radius 2 is 1.60 bits per heavy atom. The number of benzene rings is 2. The summed E-state index contributed by atoms with van der Waals surface area (Å²) in [7, 11) is 1.87. The average molecular weight is 718 g/mol. The van der Waals surface area contributed by atoms with Crippen molar-refractivity contribution in [2.24, 2.45) is 13.0 Å². The molecule has 0 radical (unpaired) electrons. The van der Waals surface area contributed by atoms with E-state index in [1.807, 2.05) is 45.7 Å². The van der Waals surface area contributed by atoms with E-state index in [2.05, 4.69) is 5.32 Å². The molecule has 1 saturated carbocycles. The van der Waals surface area contributed by atoms with Crippen LogP contribution in [0.4, 0.5) is 18.9 Å². The Morgan fingerprint density at radius 1 is 0.940 bits per heavy atom. The van der Waals surface area contributed by atoms with Gasteiger partial charge < -0.3 is 19.7 Å². The van der Waals surface area contributed by atoms with Crippen LogP contribution < -0.4 is 5.32 Å². The molecule has 0 spiro atoms. The quantitative estimate of drug-likeness (QED) is 0.257. The van der Waals surface area contributed by atoms with E-state index in [9.17, 15) is 32.7 Å². The fourth-order valence-corrected chi connectivity index (χ4v) is 7.94. The van der Waals surface area contributed by atoms with Gasteiger partial charge in [-0.05, 0) is 62.3 Å². The molecule has 1 atom stereocenters. The Hall–Kier alpha value is -3.49. The van der Waals surface area contributed by atoms with E-state index in [-0.39, 0.29) is 49.3 Å². The summed E-state index contributed by atoms with van der Waals surface area (Å²) in [6.07, 6.45) is 0.426. The number of alkyl halides is 3. The Labute approximate surface area is 294 Å². The monoisotopic (exact) mass is 717 g/mol. The molecule has 2 aliphatic heterocycles. The molecular weight excluding hydrogens is 675 g/mol. The van der Waals surface area contributed by atoms with Gasteiger partial charge in [-0.3, -0.25) is 29.1 Å². The number of piperazine rings is 1. The van der Waals surface area contributed by atoms with Crippen LogP contribution >= 0.6 is 11.6 Å². The first kappa shape index (κ1) is 36.3. The van der Waals surface area contributed by atoms with E-state index in [0.717, 1.165) is 23.7 Å². The molecule has 0 bridgehead atoms. The number of nitrogens with zero attached hydrogens (tertiary/aromatic N) is 4. The van der Waals surface area contributed by atoms with Crippen molar-refractivity contribution >= 4 is 45.9 Å². The van der Waals surface area contributed by atoms with Crippen molar-refractivity contribution in [1.29, 1.82) is 0 Å². The Bertz CT molecular complexity index is 1710. The van der Waals surface area contributed by atoms with Gasteiger partial charge in [-0.25, -0.2) is 0 Å². The molecule has 3 aliphatic rings. The van der Waals surface area contributed by atoms with Gasteiger partial charge in [0.05, 0.1) is 34.8 Å². The van der Waals surface area contributed by atoms with Gasteiger partial charge >= 0.3 is 12.1 Å². The van der Waals surface area contributed by atoms with Crippen LogP contribution in [0.1, 0.15) is 54.4 Å². The molecular formula is C36H43ClF3N5O5. The van der Waals surface area contributed by atoms with Gasteiger partial charge in [0.2, 0.25) is 5.85 Å². The second-order valence-corrected chi connectivity index (χ2v) is 14.1. The zero-order valence-electron chi connectivity index (χ0n) is 28.1. The summed E-state index contributed by atoms with van der Waals surface area (Å²) in [5.74, 6) is -3.43. The third-order valence-corrected chi connectivity index (χ3v) is 10.6. The molecule has 1 aliphatic carbocycles. The number of carbonyl (C=O) groups is 3. The number of carboxylic acid groups (broad SMARTS) is 1. The lowest BCUT2D eigenvalue weighted by molar-refractivity contribution is -0.262. The van der Waals surface area contributed by atoms with Crippen LogP contribution in [0, 0.1) is 5.92 Å². The van der Waals surface area contributed by atoms with Crippen molar-refractivity contribution in [3.05, 3.63) is 64.8 Å². The fourth-order valence-electron chi connectivity index (χ4n) is 7.69. The van der Waals surface area contributed by atoms with E-state index in [1.165, 1.54) is 4.90 Å². The number of anilines is 1. The molecule has 1 amide bonds. The summed E-state index contributed by atoms with van der Waals surface area (Å²) in [6, 6.07) is 12.6. The van der Waals surface area contributed by atoms with Crippen LogP contribution in [-0.2, 0) is 27.8 Å². The number of likely N-dealkylation sites (tertiary alicyclic amines) is 1. The van der Waals surface area contributed by atoms with Crippen LogP contribution in [-0.4, -0.2) is 106 Å². The highest BCUT2D eigenvalue weighted by atomic mass is 35.5. The predicted molar refractivity (Wildman–Crippen MR) is 183 cm³/mol. The summed E-state index contributed by atoms with van der Waals surface area (Å²) in [4.78, 5) is 44.9. The van der Waals surface area contributed by atoms with Crippen molar-refractivity contribution in [3.63, 3.8) is 0 Å². The summed E-state index contributed by atoms with van der Waals surface area (Å²) >= 11 is 6.69. The first-order chi connectivity index (χ1) is 23.8. The number of halogens is 4. The molecule has 50 heavy (non-hydrogen) atoms. The number of carbonyl (C=O) groups excluding carboxylic acids is 2. The number of para-hydroxylation sites is 1. The molecule has 1 aromatic heterocycles. The number of hydrogen-bond acceptors (Lipinski definition) is 7. The molecule has 3 fully saturated rings. The van der Waals surface area contributed by atoms with Crippen LogP contribution in [0.25, 0.3) is 10.9 Å². The summed E-state index contributed by atoms with van der Waals surface area (Å²) < 4.78 is 48.5. The molecule has 3 heterocycles. The van der Waals surface area contributed by atoms with Gasteiger partial charge in [0.15, 0.2) is 5.78 Å². The Morgan fingerprint density at radius 3 is 2.24 bits per heavy atom. The van der Waals surface area contributed by atoms with Crippen molar-refractivity contribution in [3.8, 4) is 0 Å². The maximum absolute atomic E-state index is 14.8. The molecule has 2 saturated heterocycles. The van der Waals surface area contributed by atoms with Crippen molar-refractivity contribution in [2.45, 2.75) is 63.1 Å². The summed E-state index contributed by atoms with van der Waals surface area (Å²) in [5, 5.41) is 13.5. The maximum Gasteiger partial charge on any atom is 0.401 e. The normalized spacial score (nSPS) is 22.4. The zero-order chi connectivity index (χ0) is 35.6. The molecule has 10 nitrogen and oxygen atoms in total. The third kappa shape index (κ3) is 7.86. The highest BCUT2D eigenvalue weighted by Gasteiger charge is 2.53. The lowest BCUT2D eigenvalue weighted by Gasteiger charge is -2.52. The largest absolute Gasteiger partial charge is 0.481 e. The van der Waals surface area contributed by atoms with Crippen LogP contribution in [0.2, 0.25) is 5.02 Å².